The average Bonchev–Trinajstić information content (AvgIpc) is 2.54. The van der Waals surface area contributed by atoms with Gasteiger partial charge in [-0.05, 0) is 30.3 Å². The number of anilines is 2. The fraction of sp³-hybridized carbons (Fsp3) is 0.188. The van der Waals surface area contributed by atoms with Crippen molar-refractivity contribution in [3.8, 4) is 0 Å². The summed E-state index contributed by atoms with van der Waals surface area (Å²) < 4.78 is 4.65. The summed E-state index contributed by atoms with van der Waals surface area (Å²) in [6, 6.07) is 9.87. The zero-order chi connectivity index (χ0) is 16.1. The number of pyridine rings is 1. The Morgan fingerprint density at radius 2 is 1.86 bits per heavy atom. The van der Waals surface area contributed by atoms with Crippen molar-refractivity contribution in [2.45, 2.75) is 0 Å². The van der Waals surface area contributed by atoms with Gasteiger partial charge in [0.25, 0.3) is 5.91 Å². The van der Waals surface area contributed by atoms with Crippen molar-refractivity contribution in [3.63, 3.8) is 0 Å². The van der Waals surface area contributed by atoms with Gasteiger partial charge in [-0.1, -0.05) is 6.07 Å². The molecule has 1 amide bonds. The molecule has 0 radical (unpaired) electrons. The number of hydrogen-bond donors (Lipinski definition) is 1. The second kappa shape index (κ2) is 6.71. The van der Waals surface area contributed by atoms with E-state index in [1.807, 2.05) is 14.1 Å². The van der Waals surface area contributed by atoms with Crippen molar-refractivity contribution in [1.29, 1.82) is 0 Å². The molecule has 0 saturated carbocycles. The van der Waals surface area contributed by atoms with E-state index < -0.39 is 5.97 Å². The third-order valence-electron chi connectivity index (χ3n) is 3.00. The van der Waals surface area contributed by atoms with Gasteiger partial charge in [0.05, 0.1) is 18.4 Å². The summed E-state index contributed by atoms with van der Waals surface area (Å²) in [7, 11) is 4.99. The van der Waals surface area contributed by atoms with E-state index in [0.29, 0.717) is 22.6 Å². The van der Waals surface area contributed by atoms with Crippen LogP contribution in [0.2, 0.25) is 0 Å². The minimum Gasteiger partial charge on any atom is -0.465 e. The molecule has 1 aromatic heterocycles. The number of aromatic nitrogens is 1. The average molecular weight is 299 g/mol. The van der Waals surface area contributed by atoms with Gasteiger partial charge in [0, 0.05) is 25.9 Å². The Morgan fingerprint density at radius 3 is 2.55 bits per heavy atom. The molecule has 2 aromatic rings. The zero-order valence-corrected chi connectivity index (χ0v) is 12.7. The van der Waals surface area contributed by atoms with Crippen molar-refractivity contribution in [2.24, 2.45) is 0 Å². The molecule has 2 rings (SSSR count). The van der Waals surface area contributed by atoms with E-state index in [2.05, 4.69) is 15.0 Å². The lowest BCUT2D eigenvalue weighted by molar-refractivity contribution is 0.0600. The molecule has 1 heterocycles. The molecule has 0 spiro atoms. The van der Waals surface area contributed by atoms with Gasteiger partial charge in [-0.25, -0.2) is 9.78 Å². The van der Waals surface area contributed by atoms with Crippen molar-refractivity contribution in [3.05, 3.63) is 53.7 Å². The molecule has 0 atom stereocenters. The molecule has 1 N–H and O–H groups in total. The fourth-order valence-corrected chi connectivity index (χ4v) is 1.95. The molecular formula is C16H17N3O3. The first-order valence-corrected chi connectivity index (χ1v) is 6.65. The number of ether oxygens (including phenoxy) is 1. The Bertz CT molecular complexity index is 699. The van der Waals surface area contributed by atoms with E-state index in [1.165, 1.54) is 13.2 Å². The second-order valence-electron chi connectivity index (χ2n) is 4.80. The predicted molar refractivity (Wildman–Crippen MR) is 84.3 cm³/mol. The van der Waals surface area contributed by atoms with E-state index >= 15 is 0 Å². The van der Waals surface area contributed by atoms with Gasteiger partial charge >= 0.3 is 5.97 Å². The van der Waals surface area contributed by atoms with Gasteiger partial charge in [-0.3, -0.25) is 4.79 Å². The largest absolute Gasteiger partial charge is 0.465 e. The molecule has 0 unspecified atom stereocenters. The Hall–Kier alpha value is -2.89. The Balaban J connectivity index is 2.25. The number of esters is 1. The highest BCUT2D eigenvalue weighted by Crippen LogP contribution is 2.21. The summed E-state index contributed by atoms with van der Waals surface area (Å²) in [5.74, 6) is -0.146. The van der Waals surface area contributed by atoms with Crippen molar-refractivity contribution < 1.29 is 14.3 Å². The van der Waals surface area contributed by atoms with Crippen molar-refractivity contribution in [1.82, 2.24) is 4.98 Å². The first kappa shape index (κ1) is 15.5. The number of carbonyl (C=O) groups excluding carboxylic acids is 2. The van der Waals surface area contributed by atoms with Crippen LogP contribution in [0.3, 0.4) is 0 Å². The Kier molecular flexibility index (Phi) is 4.73. The predicted octanol–water partition coefficient (Wildman–Crippen LogP) is 2.19. The second-order valence-corrected chi connectivity index (χ2v) is 4.80. The quantitative estimate of drug-likeness (QED) is 0.876. The minimum absolute atomic E-state index is 0.318. The lowest BCUT2D eigenvalue weighted by atomic mass is 10.1. The van der Waals surface area contributed by atoms with Gasteiger partial charge in [0.2, 0.25) is 0 Å². The number of nitrogens with one attached hydrogen (secondary N) is 1. The van der Waals surface area contributed by atoms with Crippen LogP contribution in [-0.4, -0.2) is 38.1 Å². The van der Waals surface area contributed by atoms with Gasteiger partial charge in [0.15, 0.2) is 5.82 Å². The van der Waals surface area contributed by atoms with E-state index in [0.717, 1.165) is 0 Å². The Labute approximate surface area is 128 Å². The fourth-order valence-electron chi connectivity index (χ4n) is 1.95. The molecule has 0 saturated heterocycles. The van der Waals surface area contributed by atoms with Gasteiger partial charge < -0.3 is 15.0 Å². The third-order valence-corrected chi connectivity index (χ3v) is 3.00. The van der Waals surface area contributed by atoms with E-state index in [4.69, 9.17) is 0 Å². The first-order chi connectivity index (χ1) is 10.5. The first-order valence-electron chi connectivity index (χ1n) is 6.65. The van der Waals surface area contributed by atoms with E-state index in [1.54, 1.807) is 41.4 Å². The van der Waals surface area contributed by atoms with Gasteiger partial charge in [-0.15, -0.1) is 0 Å². The van der Waals surface area contributed by atoms with E-state index in [-0.39, 0.29) is 5.91 Å². The summed E-state index contributed by atoms with van der Waals surface area (Å²) in [4.78, 5) is 29.9. The topological polar surface area (TPSA) is 71.5 Å². The van der Waals surface area contributed by atoms with Crippen LogP contribution in [0.4, 0.5) is 11.5 Å². The number of carbonyl (C=O) groups is 2. The summed E-state index contributed by atoms with van der Waals surface area (Å²) in [6.45, 7) is 0. The maximum Gasteiger partial charge on any atom is 0.337 e. The summed E-state index contributed by atoms with van der Waals surface area (Å²) in [5, 5.41) is 2.80. The highest BCUT2D eigenvalue weighted by Gasteiger charge is 2.13. The van der Waals surface area contributed by atoms with Crippen LogP contribution in [0, 0.1) is 0 Å². The maximum absolute atomic E-state index is 12.3. The van der Waals surface area contributed by atoms with E-state index in [9.17, 15) is 9.59 Å². The molecule has 0 fully saturated rings. The lowest BCUT2D eigenvalue weighted by Gasteiger charge is -2.16. The molecule has 114 valence electrons. The molecule has 1 aromatic carbocycles. The molecule has 0 aliphatic heterocycles. The van der Waals surface area contributed by atoms with Crippen LogP contribution < -0.4 is 10.2 Å². The number of methoxy groups -OCH3 is 1. The van der Waals surface area contributed by atoms with Crippen LogP contribution >= 0.6 is 0 Å². The smallest absolute Gasteiger partial charge is 0.337 e. The molecule has 6 heteroatoms. The molecule has 22 heavy (non-hydrogen) atoms. The molecular weight excluding hydrogens is 282 g/mol. The maximum atomic E-state index is 12.3. The molecule has 0 aliphatic rings. The number of amides is 1. The van der Waals surface area contributed by atoms with Crippen LogP contribution in [0.25, 0.3) is 0 Å². The van der Waals surface area contributed by atoms with Gasteiger partial charge in [-0.2, -0.15) is 0 Å². The molecule has 0 bridgehead atoms. The number of rotatable bonds is 4. The summed E-state index contributed by atoms with van der Waals surface area (Å²) >= 11 is 0. The molecule has 6 nitrogen and oxygen atoms in total. The van der Waals surface area contributed by atoms with Crippen molar-refractivity contribution >= 4 is 23.4 Å². The normalized spacial score (nSPS) is 9.95. The zero-order valence-electron chi connectivity index (χ0n) is 12.7. The lowest BCUT2D eigenvalue weighted by Crippen LogP contribution is -2.18. The molecule has 0 aliphatic carbocycles. The van der Waals surface area contributed by atoms with Crippen LogP contribution in [-0.2, 0) is 4.74 Å². The highest BCUT2D eigenvalue weighted by molar-refractivity contribution is 6.06. The third kappa shape index (κ3) is 3.41. The van der Waals surface area contributed by atoms with Crippen LogP contribution in [0.15, 0.2) is 42.6 Å². The van der Waals surface area contributed by atoms with Crippen LogP contribution in [0.1, 0.15) is 20.7 Å². The number of benzene rings is 1. The number of hydrogen-bond acceptors (Lipinski definition) is 5. The van der Waals surface area contributed by atoms with Crippen molar-refractivity contribution in [2.75, 3.05) is 31.4 Å². The standard InChI is InChI=1S/C16H17N3O3/c1-19(2)14-13(8-5-9-17-14)18-15(20)11-6-4-7-12(10-11)16(21)22-3/h4-10H,1-3H3,(H,18,20). The minimum atomic E-state index is -0.481. The van der Waals surface area contributed by atoms with Crippen LogP contribution in [0.5, 0.6) is 0 Å². The summed E-state index contributed by atoms with van der Waals surface area (Å²) in [5.41, 5.74) is 1.30. The highest BCUT2D eigenvalue weighted by atomic mass is 16.5. The monoisotopic (exact) mass is 299 g/mol. The SMILES string of the molecule is COC(=O)c1cccc(C(=O)Nc2cccnc2N(C)C)c1. The number of nitrogens with zero attached hydrogens (tertiary/aromatic N) is 2. The van der Waals surface area contributed by atoms with Gasteiger partial charge in [0.1, 0.15) is 0 Å². The Morgan fingerprint density at radius 1 is 1.14 bits per heavy atom. The summed E-state index contributed by atoms with van der Waals surface area (Å²) in [6.07, 6.45) is 1.66.